The normalized spacial score (nSPS) is 12.2. The number of sulfone groups is 1. The Labute approximate surface area is 209 Å². The molecule has 0 fully saturated rings. The number of imidazole rings is 1. The van der Waals surface area contributed by atoms with Crippen molar-refractivity contribution >= 4 is 33.0 Å². The SMILES string of the molecule is CC(C)(O)c1cn(-c2ccc(-c3cccc(S(C)(=O)=O)c3)cc2)c(Cc2c(Cl)cccc2Cl)n1. The van der Waals surface area contributed by atoms with E-state index in [0.29, 0.717) is 28.0 Å². The summed E-state index contributed by atoms with van der Waals surface area (Å²) in [6.45, 7) is 3.37. The molecule has 0 amide bonds. The zero-order valence-corrected chi connectivity index (χ0v) is 21.3. The Balaban J connectivity index is 1.75. The van der Waals surface area contributed by atoms with Crippen LogP contribution in [0, 0.1) is 0 Å². The summed E-state index contributed by atoms with van der Waals surface area (Å²) in [5.41, 5.74) is 2.68. The quantitative estimate of drug-likeness (QED) is 0.339. The summed E-state index contributed by atoms with van der Waals surface area (Å²) in [5.74, 6) is 0.680. The van der Waals surface area contributed by atoms with Crippen molar-refractivity contribution in [3.8, 4) is 16.8 Å². The highest BCUT2D eigenvalue weighted by Crippen LogP contribution is 2.30. The Hall–Kier alpha value is -2.64. The van der Waals surface area contributed by atoms with Gasteiger partial charge >= 0.3 is 0 Å². The van der Waals surface area contributed by atoms with Crippen LogP contribution in [-0.4, -0.2) is 29.3 Å². The maximum absolute atomic E-state index is 11.9. The average Bonchev–Trinajstić information content (AvgIpc) is 3.21. The molecule has 0 aliphatic heterocycles. The molecule has 0 aliphatic carbocycles. The molecule has 34 heavy (non-hydrogen) atoms. The predicted octanol–water partition coefficient (Wildman–Crippen LogP) is 6.07. The summed E-state index contributed by atoms with van der Waals surface area (Å²) in [6, 6.07) is 19.9. The minimum atomic E-state index is -3.30. The van der Waals surface area contributed by atoms with Gasteiger partial charge in [0.15, 0.2) is 9.84 Å². The Morgan fingerprint density at radius 1 is 0.941 bits per heavy atom. The number of halogens is 2. The minimum absolute atomic E-state index is 0.275. The fourth-order valence-electron chi connectivity index (χ4n) is 3.64. The van der Waals surface area contributed by atoms with E-state index < -0.39 is 15.4 Å². The van der Waals surface area contributed by atoms with Crippen molar-refractivity contribution in [1.82, 2.24) is 9.55 Å². The number of aliphatic hydroxyl groups is 1. The van der Waals surface area contributed by atoms with E-state index in [1.165, 1.54) is 6.26 Å². The molecule has 4 rings (SSSR count). The molecule has 0 saturated heterocycles. The minimum Gasteiger partial charge on any atom is -0.384 e. The third kappa shape index (κ3) is 5.20. The molecule has 0 aliphatic rings. The monoisotopic (exact) mass is 514 g/mol. The van der Waals surface area contributed by atoms with Gasteiger partial charge in [-0.3, -0.25) is 0 Å². The van der Waals surface area contributed by atoms with Crippen molar-refractivity contribution in [2.24, 2.45) is 0 Å². The lowest BCUT2D eigenvalue weighted by atomic mass is 10.1. The van der Waals surface area contributed by atoms with Gasteiger partial charge in [-0.15, -0.1) is 0 Å². The van der Waals surface area contributed by atoms with Crippen LogP contribution in [0.3, 0.4) is 0 Å². The molecule has 3 aromatic carbocycles. The Morgan fingerprint density at radius 2 is 1.56 bits per heavy atom. The lowest BCUT2D eigenvalue weighted by Gasteiger charge is -2.13. The number of aromatic nitrogens is 2. The van der Waals surface area contributed by atoms with Crippen molar-refractivity contribution in [2.45, 2.75) is 30.8 Å². The topological polar surface area (TPSA) is 72.2 Å². The highest BCUT2D eigenvalue weighted by Gasteiger charge is 2.23. The number of hydrogen-bond acceptors (Lipinski definition) is 4. The first-order valence-electron chi connectivity index (χ1n) is 10.6. The largest absolute Gasteiger partial charge is 0.384 e. The fraction of sp³-hybridized carbons (Fsp3) is 0.192. The number of benzene rings is 3. The molecule has 1 N–H and O–H groups in total. The molecule has 8 heteroatoms. The standard InChI is InChI=1S/C26H24Cl2N2O3S/c1-26(2,31)24-16-30(25(29-24)15-21-22(27)8-5-9-23(21)28)19-12-10-17(11-13-19)18-6-4-7-20(14-18)34(3,32)33/h4-14,16,31H,15H2,1-3H3. The van der Waals surface area contributed by atoms with E-state index in [0.717, 1.165) is 22.4 Å². The third-order valence-corrected chi connectivity index (χ3v) is 7.36. The molecular formula is C26H24Cl2N2O3S. The van der Waals surface area contributed by atoms with Crippen LogP contribution in [0.25, 0.3) is 16.8 Å². The molecule has 0 saturated carbocycles. The molecule has 1 heterocycles. The first kappa shape index (κ1) is 24.5. The molecule has 5 nitrogen and oxygen atoms in total. The molecule has 0 atom stereocenters. The molecule has 4 aromatic rings. The Kier molecular flexibility index (Phi) is 6.62. The summed E-state index contributed by atoms with van der Waals surface area (Å²) < 4.78 is 25.8. The highest BCUT2D eigenvalue weighted by molar-refractivity contribution is 7.90. The Bertz CT molecular complexity index is 1430. The van der Waals surface area contributed by atoms with Gasteiger partial charge in [0.25, 0.3) is 0 Å². The lowest BCUT2D eigenvalue weighted by molar-refractivity contribution is 0.0741. The second-order valence-electron chi connectivity index (χ2n) is 8.70. The molecule has 1 aromatic heterocycles. The van der Waals surface area contributed by atoms with Gasteiger partial charge in [-0.2, -0.15) is 0 Å². The van der Waals surface area contributed by atoms with Gasteiger partial charge in [0.2, 0.25) is 0 Å². The smallest absolute Gasteiger partial charge is 0.175 e. The summed E-state index contributed by atoms with van der Waals surface area (Å²) in [5, 5.41) is 11.7. The van der Waals surface area contributed by atoms with Crippen molar-refractivity contribution in [2.75, 3.05) is 6.26 Å². The van der Waals surface area contributed by atoms with Crippen molar-refractivity contribution < 1.29 is 13.5 Å². The lowest BCUT2D eigenvalue weighted by Crippen LogP contribution is -2.15. The van der Waals surface area contributed by atoms with Gasteiger partial charge in [-0.25, -0.2) is 13.4 Å². The van der Waals surface area contributed by atoms with E-state index in [9.17, 15) is 13.5 Å². The first-order valence-corrected chi connectivity index (χ1v) is 13.2. The maximum Gasteiger partial charge on any atom is 0.175 e. The third-order valence-electron chi connectivity index (χ3n) is 5.54. The van der Waals surface area contributed by atoms with Crippen LogP contribution >= 0.6 is 23.2 Å². The van der Waals surface area contributed by atoms with Gasteiger partial charge in [0.1, 0.15) is 11.4 Å². The van der Waals surface area contributed by atoms with Crippen molar-refractivity contribution in [1.29, 1.82) is 0 Å². The van der Waals surface area contributed by atoms with E-state index in [1.807, 2.05) is 34.9 Å². The molecule has 0 spiro atoms. The second kappa shape index (κ2) is 9.19. The van der Waals surface area contributed by atoms with Gasteiger partial charge in [0.05, 0.1) is 10.6 Å². The summed E-state index contributed by atoms with van der Waals surface area (Å²) >= 11 is 12.8. The van der Waals surface area contributed by atoms with Gasteiger partial charge in [-0.05, 0) is 66.9 Å². The van der Waals surface area contributed by atoms with Gasteiger partial charge in [-0.1, -0.05) is 53.5 Å². The van der Waals surface area contributed by atoms with E-state index in [2.05, 4.69) is 4.98 Å². The van der Waals surface area contributed by atoms with Crippen LogP contribution in [0.15, 0.2) is 77.8 Å². The summed E-state index contributed by atoms with van der Waals surface area (Å²) in [7, 11) is -3.30. The zero-order valence-electron chi connectivity index (χ0n) is 19.0. The van der Waals surface area contributed by atoms with E-state index in [1.54, 1.807) is 56.4 Å². The number of hydrogen-bond donors (Lipinski definition) is 1. The zero-order chi connectivity index (χ0) is 24.7. The van der Waals surface area contributed by atoms with Crippen LogP contribution in [0.2, 0.25) is 10.0 Å². The summed E-state index contributed by atoms with van der Waals surface area (Å²) in [6.07, 6.45) is 3.38. The fourth-order valence-corrected chi connectivity index (χ4v) is 4.84. The summed E-state index contributed by atoms with van der Waals surface area (Å²) in [4.78, 5) is 4.96. The molecule has 0 radical (unpaired) electrons. The van der Waals surface area contributed by atoms with Crippen LogP contribution in [-0.2, 0) is 21.9 Å². The highest BCUT2D eigenvalue weighted by atomic mass is 35.5. The first-order chi connectivity index (χ1) is 15.9. The van der Waals surface area contributed by atoms with E-state index >= 15 is 0 Å². The maximum atomic E-state index is 11.9. The van der Waals surface area contributed by atoms with Gasteiger partial charge < -0.3 is 9.67 Å². The number of nitrogens with zero attached hydrogens (tertiary/aromatic N) is 2. The van der Waals surface area contributed by atoms with Crippen LogP contribution in [0.5, 0.6) is 0 Å². The average molecular weight is 515 g/mol. The molecular weight excluding hydrogens is 491 g/mol. The Morgan fingerprint density at radius 3 is 2.15 bits per heavy atom. The van der Waals surface area contributed by atoms with Crippen LogP contribution in [0.1, 0.15) is 30.9 Å². The molecule has 176 valence electrons. The number of rotatable bonds is 6. The second-order valence-corrected chi connectivity index (χ2v) is 11.5. The van der Waals surface area contributed by atoms with Crippen LogP contribution in [0.4, 0.5) is 0 Å². The van der Waals surface area contributed by atoms with Crippen LogP contribution < -0.4 is 0 Å². The molecule has 0 bridgehead atoms. The van der Waals surface area contributed by atoms with Gasteiger partial charge in [0, 0.05) is 34.6 Å². The predicted molar refractivity (Wildman–Crippen MR) is 137 cm³/mol. The van der Waals surface area contributed by atoms with Crippen molar-refractivity contribution in [3.63, 3.8) is 0 Å². The van der Waals surface area contributed by atoms with E-state index in [-0.39, 0.29) is 4.90 Å². The van der Waals surface area contributed by atoms with Crippen molar-refractivity contribution in [3.05, 3.63) is 100 Å². The molecule has 0 unspecified atom stereocenters. The van der Waals surface area contributed by atoms with E-state index in [4.69, 9.17) is 23.2 Å².